The van der Waals surface area contributed by atoms with Gasteiger partial charge in [-0.05, 0) is 32.1 Å². The molecule has 0 amide bonds. The Balaban J connectivity index is 1.81. The molecule has 2 unspecified atom stereocenters. The van der Waals surface area contributed by atoms with Crippen LogP contribution in [0.1, 0.15) is 48.9 Å². The molecule has 4 rings (SSSR count). The van der Waals surface area contributed by atoms with Crippen molar-refractivity contribution >= 4 is 22.7 Å². The molecule has 2 atom stereocenters. The number of ether oxygens (including phenoxy) is 1. The largest absolute Gasteiger partial charge is 0.357 e. The fourth-order valence-corrected chi connectivity index (χ4v) is 4.37. The zero-order valence-corrected chi connectivity index (χ0v) is 15.7. The Morgan fingerprint density at radius 3 is 2.92 bits per heavy atom. The SMILES string of the molecule is C=Cc1c(-c2cnn(C3CCCCO3)c2)c2n(c1C(=C)Cl)CC(N)CC2. The molecular formula is C20H25ClN4O. The molecule has 0 bridgehead atoms. The molecule has 2 aromatic rings. The van der Waals surface area contributed by atoms with Crippen LogP contribution in [0.5, 0.6) is 0 Å². The van der Waals surface area contributed by atoms with Crippen molar-refractivity contribution in [3.8, 4) is 11.1 Å². The van der Waals surface area contributed by atoms with Crippen LogP contribution in [0.4, 0.5) is 0 Å². The van der Waals surface area contributed by atoms with E-state index in [-0.39, 0.29) is 12.3 Å². The van der Waals surface area contributed by atoms with Gasteiger partial charge in [-0.2, -0.15) is 5.10 Å². The van der Waals surface area contributed by atoms with Crippen molar-refractivity contribution in [1.29, 1.82) is 0 Å². The Morgan fingerprint density at radius 2 is 2.23 bits per heavy atom. The van der Waals surface area contributed by atoms with Crippen molar-refractivity contribution in [2.75, 3.05) is 6.61 Å². The average molecular weight is 373 g/mol. The van der Waals surface area contributed by atoms with E-state index in [2.05, 4.69) is 29.0 Å². The van der Waals surface area contributed by atoms with E-state index in [0.29, 0.717) is 5.03 Å². The zero-order valence-electron chi connectivity index (χ0n) is 15.0. The minimum Gasteiger partial charge on any atom is -0.357 e. The summed E-state index contributed by atoms with van der Waals surface area (Å²) in [5.74, 6) is 0. The average Bonchev–Trinajstić information content (AvgIpc) is 3.24. The molecule has 4 heterocycles. The van der Waals surface area contributed by atoms with E-state index in [1.807, 2.05) is 17.0 Å². The van der Waals surface area contributed by atoms with Gasteiger partial charge >= 0.3 is 0 Å². The lowest BCUT2D eigenvalue weighted by molar-refractivity contribution is -0.0394. The molecule has 2 aromatic heterocycles. The third kappa shape index (κ3) is 2.94. The van der Waals surface area contributed by atoms with Gasteiger partial charge in [0.2, 0.25) is 0 Å². The van der Waals surface area contributed by atoms with Crippen LogP contribution in [0.2, 0.25) is 0 Å². The maximum Gasteiger partial charge on any atom is 0.150 e. The molecule has 0 saturated carbocycles. The fraction of sp³-hybridized carbons (Fsp3) is 0.450. The quantitative estimate of drug-likeness (QED) is 0.875. The van der Waals surface area contributed by atoms with E-state index >= 15 is 0 Å². The second-order valence-electron chi connectivity index (χ2n) is 7.13. The summed E-state index contributed by atoms with van der Waals surface area (Å²) in [6.45, 7) is 9.54. The third-order valence-electron chi connectivity index (χ3n) is 5.38. The maximum atomic E-state index is 6.35. The van der Waals surface area contributed by atoms with Crippen LogP contribution < -0.4 is 5.73 Å². The molecule has 0 radical (unpaired) electrons. The minimum atomic E-state index is 0.0269. The zero-order chi connectivity index (χ0) is 18.3. The molecule has 0 spiro atoms. The lowest BCUT2D eigenvalue weighted by Crippen LogP contribution is -2.32. The molecule has 2 aliphatic rings. The second-order valence-corrected chi connectivity index (χ2v) is 7.59. The van der Waals surface area contributed by atoms with E-state index in [1.165, 1.54) is 12.1 Å². The van der Waals surface area contributed by atoms with Gasteiger partial charge in [-0.25, -0.2) is 4.68 Å². The summed E-state index contributed by atoms with van der Waals surface area (Å²) >= 11 is 6.35. The van der Waals surface area contributed by atoms with E-state index in [4.69, 9.17) is 22.1 Å². The van der Waals surface area contributed by atoms with Crippen LogP contribution in [0.3, 0.4) is 0 Å². The topological polar surface area (TPSA) is 58.0 Å². The van der Waals surface area contributed by atoms with Crippen LogP contribution in [0.15, 0.2) is 25.6 Å². The lowest BCUT2D eigenvalue weighted by atomic mass is 9.98. The molecule has 6 heteroatoms. The van der Waals surface area contributed by atoms with Crippen molar-refractivity contribution in [1.82, 2.24) is 14.3 Å². The summed E-state index contributed by atoms with van der Waals surface area (Å²) in [6.07, 6.45) is 11.1. The standard InChI is InChI=1S/C20H25ClN4O/c1-3-16-19(14-10-23-25(11-14)18-6-4-5-9-26-18)17-8-7-15(22)12-24(17)20(16)13(2)21/h3,10-11,15,18H,1-2,4-9,12,22H2. The van der Waals surface area contributed by atoms with Crippen molar-refractivity contribution in [3.63, 3.8) is 0 Å². The Kier molecular flexibility index (Phi) is 4.78. The molecule has 1 fully saturated rings. The highest BCUT2D eigenvalue weighted by molar-refractivity contribution is 6.48. The molecule has 138 valence electrons. The van der Waals surface area contributed by atoms with Crippen LogP contribution >= 0.6 is 11.6 Å². The third-order valence-corrected chi connectivity index (χ3v) is 5.56. The van der Waals surface area contributed by atoms with E-state index in [1.54, 1.807) is 0 Å². The van der Waals surface area contributed by atoms with Crippen LogP contribution in [0, 0.1) is 0 Å². The molecule has 2 aliphatic heterocycles. The Bertz CT molecular complexity index is 844. The van der Waals surface area contributed by atoms with Crippen molar-refractivity contribution in [3.05, 3.63) is 42.5 Å². The summed E-state index contributed by atoms with van der Waals surface area (Å²) < 4.78 is 10.0. The highest BCUT2D eigenvalue weighted by Gasteiger charge is 2.28. The van der Waals surface area contributed by atoms with Gasteiger partial charge in [0.05, 0.1) is 16.9 Å². The predicted molar refractivity (Wildman–Crippen MR) is 106 cm³/mol. The Labute approximate surface area is 159 Å². The van der Waals surface area contributed by atoms with Gasteiger partial charge in [0.15, 0.2) is 0 Å². The molecule has 2 N–H and O–H groups in total. The van der Waals surface area contributed by atoms with Gasteiger partial charge in [0.1, 0.15) is 6.23 Å². The monoisotopic (exact) mass is 372 g/mol. The number of hydrogen-bond donors (Lipinski definition) is 1. The van der Waals surface area contributed by atoms with Crippen molar-refractivity contribution in [2.24, 2.45) is 5.73 Å². The second kappa shape index (κ2) is 7.06. The molecule has 26 heavy (non-hydrogen) atoms. The number of aromatic nitrogens is 3. The molecular weight excluding hydrogens is 348 g/mol. The van der Waals surface area contributed by atoms with Crippen LogP contribution in [-0.2, 0) is 17.7 Å². The fourth-order valence-electron chi connectivity index (χ4n) is 4.17. The molecule has 0 aromatic carbocycles. The number of hydrogen-bond acceptors (Lipinski definition) is 3. The number of halogens is 1. The van der Waals surface area contributed by atoms with Crippen LogP contribution in [-0.4, -0.2) is 27.0 Å². The van der Waals surface area contributed by atoms with Gasteiger partial charge in [0.25, 0.3) is 0 Å². The van der Waals surface area contributed by atoms with Crippen molar-refractivity contribution < 1.29 is 4.74 Å². The molecule has 0 aliphatic carbocycles. The first-order valence-corrected chi connectivity index (χ1v) is 9.62. The summed E-state index contributed by atoms with van der Waals surface area (Å²) in [7, 11) is 0. The Morgan fingerprint density at radius 1 is 1.38 bits per heavy atom. The van der Waals surface area contributed by atoms with Gasteiger partial charge in [-0.3, -0.25) is 0 Å². The van der Waals surface area contributed by atoms with Gasteiger partial charge in [0, 0.05) is 47.8 Å². The molecule has 5 nitrogen and oxygen atoms in total. The normalized spacial score (nSPS) is 22.8. The van der Waals surface area contributed by atoms with Gasteiger partial charge < -0.3 is 15.0 Å². The lowest BCUT2D eigenvalue weighted by Gasteiger charge is -2.24. The predicted octanol–water partition coefficient (Wildman–Crippen LogP) is 4.18. The smallest absolute Gasteiger partial charge is 0.150 e. The number of nitrogens with two attached hydrogens (primary N) is 1. The Hall–Kier alpha value is -1.82. The van der Waals surface area contributed by atoms with Crippen LogP contribution in [0.25, 0.3) is 22.2 Å². The number of rotatable bonds is 4. The van der Waals surface area contributed by atoms with E-state index in [0.717, 1.165) is 61.2 Å². The summed E-state index contributed by atoms with van der Waals surface area (Å²) in [4.78, 5) is 0. The minimum absolute atomic E-state index is 0.0269. The summed E-state index contributed by atoms with van der Waals surface area (Å²) in [5, 5.41) is 5.10. The number of fused-ring (bicyclic) bond motifs is 1. The molecule has 1 saturated heterocycles. The maximum absolute atomic E-state index is 6.35. The summed E-state index contributed by atoms with van der Waals surface area (Å²) in [5.41, 5.74) is 11.6. The van der Waals surface area contributed by atoms with E-state index in [9.17, 15) is 0 Å². The number of nitrogens with zero attached hydrogens (tertiary/aromatic N) is 3. The van der Waals surface area contributed by atoms with Gasteiger partial charge in [-0.15, -0.1) is 0 Å². The first kappa shape index (κ1) is 17.6. The first-order chi connectivity index (χ1) is 12.6. The van der Waals surface area contributed by atoms with Gasteiger partial charge in [-0.1, -0.05) is 30.8 Å². The highest BCUT2D eigenvalue weighted by Crippen LogP contribution is 2.40. The first-order valence-electron chi connectivity index (χ1n) is 9.24. The van der Waals surface area contributed by atoms with Crippen molar-refractivity contribution in [2.45, 2.75) is 50.9 Å². The van der Waals surface area contributed by atoms with E-state index < -0.39 is 0 Å². The summed E-state index contributed by atoms with van der Waals surface area (Å²) in [6, 6.07) is 0.133. The highest BCUT2D eigenvalue weighted by atomic mass is 35.5.